The lowest BCUT2D eigenvalue weighted by molar-refractivity contribution is -0.143. The van der Waals surface area contributed by atoms with Crippen LogP contribution in [0.5, 0.6) is 5.75 Å². The first kappa shape index (κ1) is 25.6. The third kappa shape index (κ3) is 6.03. The van der Waals surface area contributed by atoms with Crippen LogP contribution < -0.4 is 10.1 Å². The van der Waals surface area contributed by atoms with Gasteiger partial charge in [0.25, 0.3) is 5.91 Å². The molecule has 0 spiro atoms. The first-order valence-corrected chi connectivity index (χ1v) is 10.4. The van der Waals surface area contributed by atoms with Crippen LogP contribution in [0.1, 0.15) is 71.2 Å². The van der Waals surface area contributed by atoms with Gasteiger partial charge in [-0.05, 0) is 37.3 Å². The zero-order chi connectivity index (χ0) is 23.1. The molecule has 0 aliphatic carbocycles. The van der Waals surface area contributed by atoms with Crippen molar-refractivity contribution in [2.75, 3.05) is 7.11 Å². The summed E-state index contributed by atoms with van der Waals surface area (Å²) in [6.45, 7) is 11.2. The van der Waals surface area contributed by atoms with Gasteiger partial charge in [-0.3, -0.25) is 9.59 Å². The van der Waals surface area contributed by atoms with Crippen molar-refractivity contribution in [2.45, 2.75) is 78.9 Å². The number of methoxy groups -OCH3 is 1. The van der Waals surface area contributed by atoms with E-state index >= 15 is 0 Å². The van der Waals surface area contributed by atoms with Crippen LogP contribution in [0.15, 0.2) is 18.2 Å². The van der Waals surface area contributed by atoms with E-state index in [1.165, 1.54) is 25.3 Å². The Morgan fingerprint density at radius 1 is 1.27 bits per heavy atom. The van der Waals surface area contributed by atoms with E-state index in [1.54, 1.807) is 4.90 Å². The van der Waals surface area contributed by atoms with Crippen LogP contribution in [0.4, 0.5) is 4.39 Å². The highest BCUT2D eigenvalue weighted by Crippen LogP contribution is 2.26. The van der Waals surface area contributed by atoms with Gasteiger partial charge < -0.3 is 19.7 Å². The Morgan fingerprint density at radius 3 is 2.37 bits per heavy atom. The fourth-order valence-corrected chi connectivity index (χ4v) is 3.32. The average Bonchev–Trinajstić information content (AvgIpc) is 2.70. The first-order valence-electron chi connectivity index (χ1n) is 10.4. The smallest absolute Gasteiger partial charge is 0.255 e. The number of nitrogens with zero attached hydrogens (tertiary/aromatic N) is 1. The molecule has 3 atom stereocenters. The minimum Gasteiger partial charge on any atom is -0.494 e. The maximum atomic E-state index is 14.6. The van der Waals surface area contributed by atoms with Crippen LogP contribution in [-0.4, -0.2) is 48.2 Å². The normalized spacial score (nSPS) is 14.4. The van der Waals surface area contributed by atoms with Crippen LogP contribution in [0.3, 0.4) is 0 Å². The van der Waals surface area contributed by atoms with Gasteiger partial charge in [-0.15, -0.1) is 0 Å². The highest BCUT2D eigenvalue weighted by Gasteiger charge is 2.39. The van der Waals surface area contributed by atoms with Crippen molar-refractivity contribution in [3.8, 4) is 5.75 Å². The fraction of sp³-hybridized carbons (Fsp3) is 0.609. The third-order valence-corrected chi connectivity index (χ3v) is 5.24. The third-order valence-electron chi connectivity index (χ3n) is 5.24. The molecular weight excluding hydrogens is 387 g/mol. The van der Waals surface area contributed by atoms with Crippen molar-refractivity contribution in [1.29, 1.82) is 0 Å². The second-order valence-electron chi connectivity index (χ2n) is 8.59. The van der Waals surface area contributed by atoms with E-state index in [-0.39, 0.29) is 23.3 Å². The molecule has 2 amide bonds. The molecule has 30 heavy (non-hydrogen) atoms. The number of rotatable bonds is 10. The number of carbonyl (C=O) groups excluding carboxylic acids is 3. The van der Waals surface area contributed by atoms with E-state index in [9.17, 15) is 18.8 Å². The zero-order valence-corrected chi connectivity index (χ0v) is 19.1. The molecule has 1 N–H and O–H groups in total. The highest BCUT2D eigenvalue weighted by atomic mass is 19.1. The minimum atomic E-state index is -0.941. The van der Waals surface area contributed by atoms with Crippen molar-refractivity contribution in [2.24, 2.45) is 5.41 Å². The molecule has 168 valence electrons. The van der Waals surface area contributed by atoms with E-state index in [2.05, 4.69) is 5.32 Å². The van der Waals surface area contributed by atoms with Gasteiger partial charge in [0.1, 0.15) is 12.3 Å². The summed E-state index contributed by atoms with van der Waals surface area (Å²) in [5, 5.41) is 2.70. The first-order chi connectivity index (χ1) is 14.0. The molecular formula is C23H35FN2O4. The molecule has 7 heteroatoms. The van der Waals surface area contributed by atoms with Gasteiger partial charge >= 0.3 is 0 Å². The Morgan fingerprint density at radius 2 is 1.90 bits per heavy atom. The second kappa shape index (κ2) is 11.1. The van der Waals surface area contributed by atoms with Crippen LogP contribution in [0.25, 0.3) is 0 Å². The Bertz CT molecular complexity index is 745. The quantitative estimate of drug-likeness (QED) is 0.579. The fourth-order valence-electron chi connectivity index (χ4n) is 3.32. The van der Waals surface area contributed by atoms with Crippen LogP contribution in [0, 0.1) is 11.2 Å². The molecule has 0 saturated heterocycles. The van der Waals surface area contributed by atoms with Gasteiger partial charge in [0.2, 0.25) is 5.91 Å². The molecule has 1 unspecified atom stereocenters. The predicted molar refractivity (Wildman–Crippen MR) is 115 cm³/mol. The van der Waals surface area contributed by atoms with Crippen LogP contribution in [-0.2, 0) is 9.59 Å². The Hall–Kier alpha value is -2.44. The summed E-state index contributed by atoms with van der Waals surface area (Å²) in [5.74, 6) is -1.89. The highest BCUT2D eigenvalue weighted by molar-refractivity contribution is 5.98. The summed E-state index contributed by atoms with van der Waals surface area (Å²) in [5.41, 5.74) is -0.861. The summed E-state index contributed by atoms with van der Waals surface area (Å²) >= 11 is 0. The van der Waals surface area contributed by atoms with Crippen molar-refractivity contribution in [3.63, 3.8) is 0 Å². The summed E-state index contributed by atoms with van der Waals surface area (Å²) < 4.78 is 19.5. The monoisotopic (exact) mass is 422 g/mol. The number of halogens is 1. The molecule has 0 heterocycles. The predicted octanol–water partition coefficient (Wildman–Crippen LogP) is 3.97. The van der Waals surface area contributed by atoms with Crippen molar-refractivity contribution >= 4 is 18.1 Å². The number of ether oxygens (including phenoxy) is 1. The zero-order valence-electron chi connectivity index (χ0n) is 19.1. The van der Waals surface area contributed by atoms with Gasteiger partial charge in [-0.25, -0.2) is 4.39 Å². The maximum absolute atomic E-state index is 14.6. The number of hydrogen-bond donors (Lipinski definition) is 1. The summed E-state index contributed by atoms with van der Waals surface area (Å²) in [7, 11) is 1.32. The molecule has 0 radical (unpaired) electrons. The van der Waals surface area contributed by atoms with E-state index in [0.717, 1.165) is 12.7 Å². The van der Waals surface area contributed by atoms with Crippen LogP contribution in [0.2, 0.25) is 0 Å². The standard InChI is InChI=1S/C23H35FN2O4/c1-8-11-16(14-27)26(15(3)9-2)22(29)20(23(4,5)6)25-21(28)17-12-10-13-18(30-7)19(17)24/h10,12-16,20H,8-9,11H2,1-7H3,(H,25,28)/t15-,16+,20?/m1/s1. The number of amides is 2. The van der Waals surface area contributed by atoms with E-state index in [1.807, 2.05) is 41.5 Å². The molecule has 6 nitrogen and oxygen atoms in total. The number of benzene rings is 1. The topological polar surface area (TPSA) is 75.7 Å². The van der Waals surface area contributed by atoms with Gasteiger partial charge in [0, 0.05) is 6.04 Å². The van der Waals surface area contributed by atoms with Gasteiger partial charge in [0.15, 0.2) is 11.6 Å². The Labute approximate surface area is 179 Å². The number of nitrogens with one attached hydrogen (secondary N) is 1. The van der Waals surface area contributed by atoms with Crippen LogP contribution >= 0.6 is 0 Å². The molecule has 1 aromatic carbocycles. The summed E-state index contributed by atoms with van der Waals surface area (Å²) in [6.07, 6.45) is 2.73. The second-order valence-corrected chi connectivity index (χ2v) is 8.59. The average molecular weight is 423 g/mol. The summed E-state index contributed by atoms with van der Waals surface area (Å²) in [6, 6.07) is 2.57. The lowest BCUT2D eigenvalue weighted by Gasteiger charge is -2.40. The molecule has 0 bridgehead atoms. The summed E-state index contributed by atoms with van der Waals surface area (Å²) in [4.78, 5) is 39.8. The molecule has 0 aliphatic rings. The molecule has 0 fully saturated rings. The number of aldehydes is 1. The van der Waals surface area contributed by atoms with E-state index in [4.69, 9.17) is 4.74 Å². The SMILES string of the molecule is CCC[C@@H](C=O)N(C(=O)C(NC(=O)c1cccc(OC)c1F)C(C)(C)C)[C@H](C)CC. The largest absolute Gasteiger partial charge is 0.494 e. The molecule has 0 saturated carbocycles. The van der Waals surface area contributed by atoms with Crippen molar-refractivity contribution < 1.29 is 23.5 Å². The molecule has 0 aliphatic heterocycles. The Kier molecular flexibility index (Phi) is 9.46. The molecule has 1 aromatic rings. The van der Waals surface area contributed by atoms with Gasteiger partial charge in [0.05, 0.1) is 18.7 Å². The van der Waals surface area contributed by atoms with Gasteiger partial charge in [-0.2, -0.15) is 0 Å². The molecule has 0 aromatic heterocycles. The van der Waals surface area contributed by atoms with Crippen molar-refractivity contribution in [3.05, 3.63) is 29.6 Å². The Balaban J connectivity index is 3.32. The maximum Gasteiger partial charge on any atom is 0.255 e. The number of hydrogen-bond acceptors (Lipinski definition) is 4. The lowest BCUT2D eigenvalue weighted by Crippen LogP contribution is -2.59. The lowest BCUT2D eigenvalue weighted by atomic mass is 9.84. The van der Waals surface area contributed by atoms with Gasteiger partial charge in [-0.1, -0.05) is 47.1 Å². The minimum absolute atomic E-state index is 0.0496. The van der Waals surface area contributed by atoms with E-state index < -0.39 is 29.2 Å². The van der Waals surface area contributed by atoms with E-state index in [0.29, 0.717) is 12.8 Å². The molecule has 1 rings (SSSR count). The number of carbonyl (C=O) groups is 3. The van der Waals surface area contributed by atoms with Crippen molar-refractivity contribution in [1.82, 2.24) is 10.2 Å².